The van der Waals surface area contributed by atoms with Crippen molar-refractivity contribution in [2.75, 3.05) is 25.6 Å². The van der Waals surface area contributed by atoms with Crippen LogP contribution < -0.4 is 5.32 Å². The third-order valence-electron chi connectivity index (χ3n) is 3.60. The van der Waals surface area contributed by atoms with Gasteiger partial charge in [-0.2, -0.15) is 0 Å². The molecule has 2 rings (SSSR count). The van der Waals surface area contributed by atoms with Crippen LogP contribution in [0.1, 0.15) is 13.3 Å². The van der Waals surface area contributed by atoms with Crippen LogP contribution in [0.25, 0.3) is 0 Å². The highest BCUT2D eigenvalue weighted by Crippen LogP contribution is 2.25. The third kappa shape index (κ3) is 3.74. The van der Waals surface area contributed by atoms with Gasteiger partial charge in [0.1, 0.15) is 0 Å². The normalized spacial score (nSPS) is 19.7. The van der Waals surface area contributed by atoms with E-state index in [2.05, 4.69) is 5.32 Å². The second-order valence-electron chi connectivity index (χ2n) is 5.22. The van der Waals surface area contributed by atoms with Crippen molar-refractivity contribution < 1.29 is 14.3 Å². The van der Waals surface area contributed by atoms with Crippen molar-refractivity contribution in [2.45, 2.75) is 19.4 Å². The molecule has 1 aliphatic rings. The van der Waals surface area contributed by atoms with Gasteiger partial charge < -0.3 is 15.0 Å². The molecule has 1 heterocycles. The zero-order valence-electron chi connectivity index (χ0n) is 12.1. The van der Waals surface area contributed by atoms with Gasteiger partial charge in [0, 0.05) is 20.1 Å². The zero-order valence-corrected chi connectivity index (χ0v) is 12.9. The molecule has 0 bridgehead atoms. The number of likely N-dealkylation sites (tertiary alicyclic amines) is 1. The standard InChI is InChI=1S/C15H19ClN2O3/c1-10(9-21-2)18-8-11(7-14(18)19)15(20)17-13-6-4-3-5-12(13)16/h3-6,10-11H,7-9H2,1-2H3,(H,17,20)/t10-,11-/m0/s1. The van der Waals surface area contributed by atoms with Gasteiger partial charge in [0.05, 0.1) is 29.3 Å². The first-order valence-electron chi connectivity index (χ1n) is 6.86. The van der Waals surface area contributed by atoms with Crippen molar-refractivity contribution in [3.63, 3.8) is 0 Å². The Kier molecular flexibility index (Phi) is 5.20. The lowest BCUT2D eigenvalue weighted by molar-refractivity contribution is -0.130. The maximum absolute atomic E-state index is 12.3. The number of carbonyl (C=O) groups excluding carboxylic acids is 2. The van der Waals surface area contributed by atoms with Crippen LogP contribution in [0.5, 0.6) is 0 Å². The van der Waals surface area contributed by atoms with Crippen LogP contribution in [0.3, 0.4) is 0 Å². The molecule has 1 N–H and O–H groups in total. The number of methoxy groups -OCH3 is 1. The van der Waals surface area contributed by atoms with Crippen LogP contribution >= 0.6 is 11.6 Å². The number of amides is 2. The predicted molar refractivity (Wildman–Crippen MR) is 81.2 cm³/mol. The van der Waals surface area contributed by atoms with E-state index >= 15 is 0 Å². The lowest BCUT2D eigenvalue weighted by Crippen LogP contribution is -2.38. The quantitative estimate of drug-likeness (QED) is 0.906. The summed E-state index contributed by atoms with van der Waals surface area (Å²) in [4.78, 5) is 25.9. The summed E-state index contributed by atoms with van der Waals surface area (Å²) >= 11 is 6.02. The molecule has 21 heavy (non-hydrogen) atoms. The van der Waals surface area contributed by atoms with Crippen molar-refractivity contribution in [2.24, 2.45) is 5.92 Å². The van der Waals surface area contributed by atoms with E-state index in [0.717, 1.165) is 0 Å². The number of nitrogens with one attached hydrogen (secondary N) is 1. The number of anilines is 1. The number of ether oxygens (including phenoxy) is 1. The number of hydrogen-bond acceptors (Lipinski definition) is 3. The Balaban J connectivity index is 1.99. The number of carbonyl (C=O) groups is 2. The van der Waals surface area contributed by atoms with Crippen LogP contribution in [-0.4, -0.2) is 43.0 Å². The topological polar surface area (TPSA) is 58.6 Å². The van der Waals surface area contributed by atoms with Gasteiger partial charge in [-0.1, -0.05) is 23.7 Å². The molecule has 0 unspecified atom stereocenters. The number of para-hydroxylation sites is 1. The molecular weight excluding hydrogens is 292 g/mol. The minimum atomic E-state index is -0.354. The Labute approximate surface area is 129 Å². The van der Waals surface area contributed by atoms with E-state index in [-0.39, 0.29) is 30.2 Å². The van der Waals surface area contributed by atoms with Gasteiger partial charge in [0.25, 0.3) is 0 Å². The molecule has 1 aromatic carbocycles. The van der Waals surface area contributed by atoms with E-state index in [0.29, 0.717) is 23.9 Å². The minimum Gasteiger partial charge on any atom is -0.383 e. The third-order valence-corrected chi connectivity index (χ3v) is 3.93. The summed E-state index contributed by atoms with van der Waals surface area (Å²) in [7, 11) is 1.60. The highest BCUT2D eigenvalue weighted by atomic mass is 35.5. The molecule has 0 aromatic heterocycles. The maximum atomic E-state index is 12.3. The number of benzene rings is 1. The van der Waals surface area contributed by atoms with Gasteiger partial charge in [0.15, 0.2) is 0 Å². The summed E-state index contributed by atoms with van der Waals surface area (Å²) < 4.78 is 5.06. The van der Waals surface area contributed by atoms with E-state index in [9.17, 15) is 9.59 Å². The molecule has 1 aromatic rings. The Bertz CT molecular complexity index is 535. The largest absolute Gasteiger partial charge is 0.383 e. The van der Waals surface area contributed by atoms with Gasteiger partial charge in [0.2, 0.25) is 11.8 Å². The summed E-state index contributed by atoms with van der Waals surface area (Å²) in [5.74, 6) is -0.546. The monoisotopic (exact) mass is 310 g/mol. The number of hydrogen-bond donors (Lipinski definition) is 1. The summed E-state index contributed by atoms with van der Waals surface area (Å²) in [6, 6.07) is 7.02. The smallest absolute Gasteiger partial charge is 0.229 e. The predicted octanol–water partition coefficient (Wildman–Crippen LogP) is 2.16. The second kappa shape index (κ2) is 6.91. The van der Waals surface area contributed by atoms with Gasteiger partial charge in [-0.3, -0.25) is 9.59 Å². The Morgan fingerprint density at radius 2 is 2.24 bits per heavy atom. The lowest BCUT2D eigenvalue weighted by atomic mass is 10.1. The molecule has 2 atom stereocenters. The van der Waals surface area contributed by atoms with Crippen LogP contribution in [0.15, 0.2) is 24.3 Å². The molecule has 2 amide bonds. The van der Waals surface area contributed by atoms with Crippen LogP contribution in [0.4, 0.5) is 5.69 Å². The number of rotatable bonds is 5. The first-order chi connectivity index (χ1) is 10.0. The van der Waals surface area contributed by atoms with Crippen LogP contribution in [0.2, 0.25) is 5.02 Å². The van der Waals surface area contributed by atoms with Crippen molar-refractivity contribution in [3.8, 4) is 0 Å². The van der Waals surface area contributed by atoms with Crippen molar-refractivity contribution in [3.05, 3.63) is 29.3 Å². The first kappa shape index (κ1) is 15.8. The average molecular weight is 311 g/mol. The van der Waals surface area contributed by atoms with Gasteiger partial charge in [-0.05, 0) is 19.1 Å². The van der Waals surface area contributed by atoms with Gasteiger partial charge in [-0.15, -0.1) is 0 Å². The number of nitrogens with zero attached hydrogens (tertiary/aromatic N) is 1. The van der Waals surface area contributed by atoms with Crippen molar-refractivity contribution in [1.82, 2.24) is 4.90 Å². The molecule has 114 valence electrons. The van der Waals surface area contributed by atoms with Crippen molar-refractivity contribution in [1.29, 1.82) is 0 Å². The first-order valence-corrected chi connectivity index (χ1v) is 7.24. The molecule has 0 saturated carbocycles. The summed E-state index contributed by atoms with van der Waals surface area (Å²) in [6.45, 7) is 2.79. The molecule has 0 radical (unpaired) electrons. The van der Waals surface area contributed by atoms with Gasteiger partial charge in [-0.25, -0.2) is 0 Å². The Morgan fingerprint density at radius 1 is 1.52 bits per heavy atom. The fourth-order valence-electron chi connectivity index (χ4n) is 2.46. The molecule has 1 saturated heterocycles. The Hall–Kier alpha value is -1.59. The number of halogens is 1. The van der Waals surface area contributed by atoms with Crippen LogP contribution in [-0.2, 0) is 14.3 Å². The average Bonchev–Trinajstić information content (AvgIpc) is 2.84. The van der Waals surface area contributed by atoms with E-state index in [1.165, 1.54) is 0 Å². The van der Waals surface area contributed by atoms with E-state index in [4.69, 9.17) is 16.3 Å². The van der Waals surface area contributed by atoms with E-state index in [1.807, 2.05) is 6.92 Å². The van der Waals surface area contributed by atoms with Crippen molar-refractivity contribution >= 4 is 29.1 Å². The molecule has 0 aliphatic carbocycles. The molecule has 0 spiro atoms. The molecular formula is C15H19ClN2O3. The van der Waals surface area contributed by atoms with Gasteiger partial charge >= 0.3 is 0 Å². The molecule has 6 heteroatoms. The summed E-state index contributed by atoms with van der Waals surface area (Å²) in [5, 5.41) is 3.27. The lowest BCUT2D eigenvalue weighted by Gasteiger charge is -2.23. The van der Waals surface area contributed by atoms with Crippen LogP contribution in [0, 0.1) is 5.92 Å². The molecule has 5 nitrogen and oxygen atoms in total. The van der Waals surface area contributed by atoms with E-state index in [1.54, 1.807) is 36.3 Å². The second-order valence-corrected chi connectivity index (χ2v) is 5.63. The highest BCUT2D eigenvalue weighted by Gasteiger charge is 2.36. The fraction of sp³-hybridized carbons (Fsp3) is 0.467. The zero-order chi connectivity index (χ0) is 15.4. The summed E-state index contributed by atoms with van der Waals surface area (Å²) in [6.07, 6.45) is 0.227. The maximum Gasteiger partial charge on any atom is 0.229 e. The minimum absolute atomic E-state index is 0.0149. The SMILES string of the molecule is COC[C@H](C)N1C[C@@H](C(=O)Nc2ccccc2Cl)CC1=O. The summed E-state index contributed by atoms with van der Waals surface area (Å²) in [5.41, 5.74) is 0.569. The molecule has 1 fully saturated rings. The highest BCUT2D eigenvalue weighted by molar-refractivity contribution is 6.33. The fourth-order valence-corrected chi connectivity index (χ4v) is 2.64. The molecule has 1 aliphatic heterocycles. The Morgan fingerprint density at radius 3 is 2.90 bits per heavy atom. The van der Waals surface area contributed by atoms with E-state index < -0.39 is 0 Å².